The molecule has 2 N–H and O–H groups in total. The highest BCUT2D eigenvalue weighted by Gasteiger charge is 2.15. The van der Waals surface area contributed by atoms with Crippen molar-refractivity contribution >= 4 is 17.4 Å². The lowest BCUT2D eigenvalue weighted by Crippen LogP contribution is -2.15. The van der Waals surface area contributed by atoms with Crippen molar-refractivity contribution in [3.05, 3.63) is 71.7 Å². The van der Waals surface area contributed by atoms with Crippen LogP contribution in [0, 0.1) is 5.82 Å². The zero-order valence-electron chi connectivity index (χ0n) is 14.1. The molecule has 136 valence electrons. The summed E-state index contributed by atoms with van der Waals surface area (Å²) in [4.78, 5) is 12.3. The summed E-state index contributed by atoms with van der Waals surface area (Å²) in [6.07, 6.45) is 0. The number of hydrogen-bond donors (Lipinski definition) is 2. The molecule has 1 aliphatic rings. The second kappa shape index (κ2) is 7.28. The van der Waals surface area contributed by atoms with Crippen LogP contribution in [0.5, 0.6) is 11.5 Å². The molecular formula is C19H15FN4O3. The maximum Gasteiger partial charge on any atom is 0.276 e. The van der Waals surface area contributed by atoms with E-state index in [0.29, 0.717) is 28.6 Å². The SMILES string of the molecule is O=C(Nc1ccc2c(c1)OCO2)c1ccc(NCc2ccccc2F)nn1. The molecule has 0 unspecified atom stereocenters. The van der Waals surface area contributed by atoms with E-state index in [-0.39, 0.29) is 24.8 Å². The number of halogens is 1. The first kappa shape index (κ1) is 16.8. The van der Waals surface area contributed by atoms with Crippen LogP contribution < -0.4 is 20.1 Å². The van der Waals surface area contributed by atoms with Gasteiger partial charge in [-0.05, 0) is 30.3 Å². The number of nitrogens with zero attached hydrogens (tertiary/aromatic N) is 2. The summed E-state index contributed by atoms with van der Waals surface area (Å²) < 4.78 is 24.1. The monoisotopic (exact) mass is 366 g/mol. The first-order valence-electron chi connectivity index (χ1n) is 8.21. The third-order valence-corrected chi connectivity index (χ3v) is 3.95. The largest absolute Gasteiger partial charge is 0.454 e. The highest BCUT2D eigenvalue weighted by molar-refractivity contribution is 6.03. The summed E-state index contributed by atoms with van der Waals surface area (Å²) >= 11 is 0. The number of nitrogens with one attached hydrogen (secondary N) is 2. The van der Waals surface area contributed by atoms with Gasteiger partial charge in [0.15, 0.2) is 17.2 Å². The van der Waals surface area contributed by atoms with Crippen LogP contribution in [0.4, 0.5) is 15.9 Å². The number of carbonyl (C=O) groups is 1. The number of hydrogen-bond acceptors (Lipinski definition) is 6. The van der Waals surface area contributed by atoms with Crippen LogP contribution in [0.15, 0.2) is 54.6 Å². The van der Waals surface area contributed by atoms with Crippen LogP contribution in [-0.2, 0) is 6.54 Å². The first-order chi connectivity index (χ1) is 13.2. The second-order valence-electron chi connectivity index (χ2n) is 5.77. The van der Waals surface area contributed by atoms with Crippen molar-refractivity contribution in [3.63, 3.8) is 0 Å². The molecule has 3 aromatic rings. The van der Waals surface area contributed by atoms with E-state index in [1.165, 1.54) is 6.07 Å². The fraction of sp³-hybridized carbons (Fsp3) is 0.105. The highest BCUT2D eigenvalue weighted by Crippen LogP contribution is 2.34. The summed E-state index contributed by atoms with van der Waals surface area (Å²) in [6.45, 7) is 0.434. The van der Waals surface area contributed by atoms with Crippen molar-refractivity contribution in [1.29, 1.82) is 0 Å². The first-order valence-corrected chi connectivity index (χ1v) is 8.21. The van der Waals surface area contributed by atoms with Crippen molar-refractivity contribution in [3.8, 4) is 11.5 Å². The normalized spacial score (nSPS) is 11.9. The van der Waals surface area contributed by atoms with E-state index in [9.17, 15) is 9.18 Å². The van der Waals surface area contributed by atoms with Gasteiger partial charge in [0.1, 0.15) is 11.6 Å². The molecule has 0 aliphatic carbocycles. The molecule has 2 aromatic carbocycles. The molecule has 0 saturated carbocycles. The average molecular weight is 366 g/mol. The molecule has 0 radical (unpaired) electrons. The Labute approximate surface area is 154 Å². The third kappa shape index (κ3) is 3.79. The van der Waals surface area contributed by atoms with Crippen LogP contribution in [0.2, 0.25) is 0 Å². The molecule has 27 heavy (non-hydrogen) atoms. The van der Waals surface area contributed by atoms with Gasteiger partial charge in [-0.2, -0.15) is 0 Å². The minimum absolute atomic E-state index is 0.157. The Bertz CT molecular complexity index is 979. The predicted molar refractivity (Wildman–Crippen MR) is 96.3 cm³/mol. The van der Waals surface area contributed by atoms with Crippen LogP contribution in [-0.4, -0.2) is 22.9 Å². The zero-order chi connectivity index (χ0) is 18.6. The number of benzene rings is 2. The van der Waals surface area contributed by atoms with E-state index >= 15 is 0 Å². The van der Waals surface area contributed by atoms with E-state index in [1.54, 1.807) is 48.5 Å². The Balaban J connectivity index is 1.38. The van der Waals surface area contributed by atoms with Crippen LogP contribution >= 0.6 is 0 Å². The summed E-state index contributed by atoms with van der Waals surface area (Å²) in [5, 5.41) is 13.6. The van der Waals surface area contributed by atoms with Crippen molar-refractivity contribution in [2.24, 2.45) is 0 Å². The Morgan fingerprint density at radius 1 is 1.04 bits per heavy atom. The van der Waals surface area contributed by atoms with E-state index in [0.717, 1.165) is 0 Å². The Morgan fingerprint density at radius 3 is 2.70 bits per heavy atom. The smallest absolute Gasteiger partial charge is 0.276 e. The topological polar surface area (TPSA) is 85.4 Å². The maximum atomic E-state index is 13.6. The second-order valence-corrected chi connectivity index (χ2v) is 5.77. The molecule has 4 rings (SSSR count). The summed E-state index contributed by atoms with van der Waals surface area (Å²) in [5.41, 5.74) is 1.24. The number of fused-ring (bicyclic) bond motifs is 1. The summed E-state index contributed by atoms with van der Waals surface area (Å²) in [7, 11) is 0. The van der Waals surface area contributed by atoms with Gasteiger partial charge in [-0.1, -0.05) is 18.2 Å². The van der Waals surface area contributed by atoms with Gasteiger partial charge >= 0.3 is 0 Å². The molecule has 0 bridgehead atoms. The predicted octanol–water partition coefficient (Wildman–Crippen LogP) is 3.21. The average Bonchev–Trinajstić information content (AvgIpc) is 3.15. The van der Waals surface area contributed by atoms with Crippen molar-refractivity contribution in [2.75, 3.05) is 17.4 Å². The van der Waals surface area contributed by atoms with Crippen molar-refractivity contribution in [2.45, 2.75) is 6.54 Å². The molecule has 1 aliphatic heterocycles. The van der Waals surface area contributed by atoms with Gasteiger partial charge in [-0.25, -0.2) is 4.39 Å². The maximum absolute atomic E-state index is 13.6. The molecule has 0 atom stereocenters. The number of ether oxygens (including phenoxy) is 2. The molecule has 7 nitrogen and oxygen atoms in total. The fourth-order valence-corrected chi connectivity index (χ4v) is 2.54. The number of aromatic nitrogens is 2. The van der Waals surface area contributed by atoms with Crippen LogP contribution in [0.25, 0.3) is 0 Å². The zero-order valence-corrected chi connectivity index (χ0v) is 14.1. The molecular weight excluding hydrogens is 351 g/mol. The molecule has 8 heteroatoms. The number of rotatable bonds is 5. The Kier molecular flexibility index (Phi) is 4.52. The quantitative estimate of drug-likeness (QED) is 0.721. The number of amides is 1. The summed E-state index contributed by atoms with van der Waals surface area (Å²) in [5.74, 6) is 0.960. The van der Waals surface area contributed by atoms with Crippen LogP contribution in [0.3, 0.4) is 0 Å². The summed E-state index contributed by atoms with van der Waals surface area (Å²) in [6, 6.07) is 14.7. The van der Waals surface area contributed by atoms with Crippen molar-refractivity contribution in [1.82, 2.24) is 10.2 Å². The van der Waals surface area contributed by atoms with Crippen molar-refractivity contribution < 1.29 is 18.7 Å². The van der Waals surface area contributed by atoms with Gasteiger partial charge in [-0.3, -0.25) is 4.79 Å². The van der Waals surface area contributed by atoms with Gasteiger partial charge in [0, 0.05) is 23.9 Å². The van der Waals surface area contributed by atoms with Crippen LogP contribution in [0.1, 0.15) is 16.1 Å². The van der Waals surface area contributed by atoms with E-state index in [2.05, 4.69) is 20.8 Å². The van der Waals surface area contributed by atoms with E-state index < -0.39 is 5.91 Å². The molecule has 0 saturated heterocycles. The molecule has 0 fully saturated rings. The standard InChI is InChI=1S/C19H15FN4O3/c20-14-4-2-1-3-12(14)10-21-18-8-6-15(23-24-18)19(25)22-13-5-7-16-17(9-13)27-11-26-16/h1-9H,10-11H2,(H,21,24)(H,22,25). The van der Waals surface area contributed by atoms with Gasteiger partial charge < -0.3 is 20.1 Å². The Morgan fingerprint density at radius 2 is 1.89 bits per heavy atom. The minimum atomic E-state index is -0.401. The van der Waals surface area contributed by atoms with Gasteiger partial charge in [-0.15, -0.1) is 10.2 Å². The number of anilines is 2. The molecule has 1 amide bonds. The lowest BCUT2D eigenvalue weighted by atomic mass is 10.2. The Hall–Kier alpha value is -3.68. The third-order valence-electron chi connectivity index (χ3n) is 3.95. The van der Waals surface area contributed by atoms with E-state index in [1.807, 2.05) is 0 Å². The number of carbonyl (C=O) groups excluding carboxylic acids is 1. The lowest BCUT2D eigenvalue weighted by Gasteiger charge is -2.07. The highest BCUT2D eigenvalue weighted by atomic mass is 19.1. The van der Waals surface area contributed by atoms with Gasteiger partial charge in [0.25, 0.3) is 5.91 Å². The van der Waals surface area contributed by atoms with Gasteiger partial charge in [0.05, 0.1) is 0 Å². The molecule has 2 heterocycles. The molecule has 1 aromatic heterocycles. The van der Waals surface area contributed by atoms with Gasteiger partial charge in [0.2, 0.25) is 6.79 Å². The minimum Gasteiger partial charge on any atom is -0.454 e. The molecule has 0 spiro atoms. The lowest BCUT2D eigenvalue weighted by molar-refractivity contribution is 0.102. The fourth-order valence-electron chi connectivity index (χ4n) is 2.54. The van der Waals surface area contributed by atoms with E-state index in [4.69, 9.17) is 9.47 Å².